The SMILES string of the molecule is COC(=O)C(C(=O)OC)c1ccc([N+](=O)[O-])c(OCc2ccccc2)c1. The van der Waals surface area contributed by atoms with Crippen LogP contribution in [0.15, 0.2) is 48.5 Å². The molecule has 8 heteroatoms. The maximum atomic E-state index is 11.9. The fourth-order valence-electron chi connectivity index (χ4n) is 2.32. The number of hydrogen-bond acceptors (Lipinski definition) is 7. The van der Waals surface area contributed by atoms with E-state index in [1.54, 1.807) is 12.1 Å². The molecule has 0 saturated carbocycles. The Morgan fingerprint density at radius 1 is 1.04 bits per heavy atom. The van der Waals surface area contributed by atoms with Crippen LogP contribution in [0.2, 0.25) is 0 Å². The first-order valence-corrected chi connectivity index (χ1v) is 7.58. The van der Waals surface area contributed by atoms with Crippen LogP contribution in [0.25, 0.3) is 0 Å². The summed E-state index contributed by atoms with van der Waals surface area (Å²) in [5.74, 6) is -3.08. The van der Waals surface area contributed by atoms with Crippen LogP contribution in [0, 0.1) is 10.1 Å². The number of nitro groups is 1. The number of nitro benzene ring substituents is 1. The van der Waals surface area contributed by atoms with Crippen LogP contribution in [0.1, 0.15) is 17.0 Å². The number of rotatable bonds is 7. The molecule has 136 valence electrons. The molecule has 0 aromatic heterocycles. The van der Waals surface area contributed by atoms with Crippen molar-refractivity contribution in [2.24, 2.45) is 0 Å². The average Bonchev–Trinajstić information content (AvgIpc) is 2.66. The van der Waals surface area contributed by atoms with Gasteiger partial charge in [-0.25, -0.2) is 0 Å². The van der Waals surface area contributed by atoms with E-state index < -0.39 is 22.8 Å². The summed E-state index contributed by atoms with van der Waals surface area (Å²) in [6, 6.07) is 12.8. The van der Waals surface area contributed by atoms with Crippen LogP contribution in [0.3, 0.4) is 0 Å². The maximum Gasteiger partial charge on any atom is 0.324 e. The standard InChI is InChI=1S/C18H17NO7/c1-24-17(20)16(18(21)25-2)13-8-9-14(19(22)23)15(10-13)26-11-12-6-4-3-5-7-12/h3-10,16H,11H2,1-2H3. The second-order valence-corrected chi connectivity index (χ2v) is 5.24. The smallest absolute Gasteiger partial charge is 0.324 e. The first-order chi connectivity index (χ1) is 12.5. The van der Waals surface area contributed by atoms with Crippen LogP contribution < -0.4 is 4.74 Å². The Hall–Kier alpha value is -3.42. The summed E-state index contributed by atoms with van der Waals surface area (Å²) in [6.45, 7) is 0.0895. The second kappa shape index (κ2) is 8.61. The third kappa shape index (κ3) is 4.35. The van der Waals surface area contributed by atoms with Crippen molar-refractivity contribution in [1.29, 1.82) is 0 Å². The molecule has 0 aliphatic heterocycles. The summed E-state index contributed by atoms with van der Waals surface area (Å²) in [5.41, 5.74) is 0.709. The fourth-order valence-corrected chi connectivity index (χ4v) is 2.32. The molecule has 0 saturated heterocycles. The molecule has 0 atom stereocenters. The summed E-state index contributed by atoms with van der Waals surface area (Å²) in [4.78, 5) is 34.5. The van der Waals surface area contributed by atoms with Gasteiger partial charge in [0.05, 0.1) is 19.1 Å². The minimum absolute atomic E-state index is 0.0610. The monoisotopic (exact) mass is 359 g/mol. The fraction of sp³-hybridized carbons (Fsp3) is 0.222. The quantitative estimate of drug-likeness (QED) is 0.324. The van der Waals surface area contributed by atoms with Gasteiger partial charge in [-0.05, 0) is 17.2 Å². The van der Waals surface area contributed by atoms with E-state index in [-0.39, 0.29) is 23.6 Å². The first-order valence-electron chi connectivity index (χ1n) is 7.58. The third-order valence-electron chi connectivity index (χ3n) is 3.62. The van der Waals surface area contributed by atoms with Gasteiger partial charge in [0.1, 0.15) is 6.61 Å². The molecule has 0 unspecified atom stereocenters. The minimum Gasteiger partial charge on any atom is -0.482 e. The normalized spacial score (nSPS) is 10.3. The number of benzene rings is 2. The van der Waals surface area contributed by atoms with Gasteiger partial charge in [-0.2, -0.15) is 0 Å². The predicted molar refractivity (Wildman–Crippen MR) is 90.6 cm³/mol. The number of nitrogens with zero attached hydrogens (tertiary/aromatic N) is 1. The molecule has 2 aromatic carbocycles. The van der Waals surface area contributed by atoms with E-state index in [2.05, 4.69) is 9.47 Å². The zero-order valence-electron chi connectivity index (χ0n) is 14.2. The molecule has 2 aromatic rings. The summed E-state index contributed by atoms with van der Waals surface area (Å²) >= 11 is 0. The number of ether oxygens (including phenoxy) is 3. The van der Waals surface area contributed by atoms with E-state index in [4.69, 9.17) is 4.74 Å². The van der Waals surface area contributed by atoms with Gasteiger partial charge in [-0.3, -0.25) is 19.7 Å². The molecular formula is C18H17NO7. The molecular weight excluding hydrogens is 342 g/mol. The Kier molecular flexibility index (Phi) is 6.26. The molecule has 2 rings (SSSR count). The van der Waals surface area contributed by atoms with E-state index in [0.717, 1.165) is 19.8 Å². The number of methoxy groups -OCH3 is 2. The minimum atomic E-state index is -1.36. The molecule has 8 nitrogen and oxygen atoms in total. The molecule has 26 heavy (non-hydrogen) atoms. The summed E-state index contributed by atoms with van der Waals surface area (Å²) < 4.78 is 14.8. The highest BCUT2D eigenvalue weighted by molar-refractivity contribution is 6.00. The average molecular weight is 359 g/mol. The highest BCUT2D eigenvalue weighted by atomic mass is 16.6. The van der Waals surface area contributed by atoms with E-state index in [1.165, 1.54) is 18.2 Å². The van der Waals surface area contributed by atoms with Crippen molar-refractivity contribution in [3.05, 3.63) is 69.8 Å². The van der Waals surface area contributed by atoms with Gasteiger partial charge in [0.25, 0.3) is 0 Å². The third-order valence-corrected chi connectivity index (χ3v) is 3.62. The molecule has 0 aliphatic rings. The lowest BCUT2D eigenvalue weighted by atomic mass is 9.98. The molecule has 0 bridgehead atoms. The molecule has 0 fully saturated rings. The summed E-state index contributed by atoms with van der Waals surface area (Å²) in [6.07, 6.45) is 0. The zero-order valence-corrected chi connectivity index (χ0v) is 14.2. The van der Waals surface area contributed by atoms with Crippen LogP contribution in [-0.2, 0) is 25.7 Å². The lowest BCUT2D eigenvalue weighted by Crippen LogP contribution is -2.24. The number of hydrogen-bond donors (Lipinski definition) is 0. The predicted octanol–water partition coefficient (Wildman–Crippen LogP) is 2.60. The van der Waals surface area contributed by atoms with E-state index >= 15 is 0 Å². The zero-order chi connectivity index (χ0) is 19.1. The van der Waals surface area contributed by atoms with Crippen molar-refractivity contribution in [3.63, 3.8) is 0 Å². The lowest BCUT2D eigenvalue weighted by molar-refractivity contribution is -0.386. The topological polar surface area (TPSA) is 105 Å². The molecule has 0 spiro atoms. The van der Waals surface area contributed by atoms with Crippen molar-refractivity contribution in [1.82, 2.24) is 0 Å². The van der Waals surface area contributed by atoms with E-state index in [1.807, 2.05) is 18.2 Å². The summed E-state index contributed by atoms with van der Waals surface area (Å²) in [7, 11) is 2.27. The van der Waals surface area contributed by atoms with Gasteiger partial charge in [-0.15, -0.1) is 0 Å². The highest BCUT2D eigenvalue weighted by Crippen LogP contribution is 2.32. The van der Waals surface area contributed by atoms with Crippen molar-refractivity contribution < 1.29 is 28.7 Å². The van der Waals surface area contributed by atoms with E-state index in [0.29, 0.717) is 0 Å². The first kappa shape index (κ1) is 18.9. The largest absolute Gasteiger partial charge is 0.482 e. The highest BCUT2D eigenvalue weighted by Gasteiger charge is 2.32. The van der Waals surface area contributed by atoms with Crippen LogP contribution >= 0.6 is 0 Å². The lowest BCUT2D eigenvalue weighted by Gasteiger charge is -2.14. The number of carbonyl (C=O) groups excluding carboxylic acids is 2. The maximum absolute atomic E-state index is 11.9. The van der Waals surface area contributed by atoms with Crippen molar-refractivity contribution in [2.45, 2.75) is 12.5 Å². The van der Waals surface area contributed by atoms with Gasteiger partial charge >= 0.3 is 17.6 Å². The van der Waals surface area contributed by atoms with Crippen LogP contribution in [-0.4, -0.2) is 31.1 Å². The Morgan fingerprint density at radius 3 is 2.19 bits per heavy atom. The second-order valence-electron chi connectivity index (χ2n) is 5.24. The van der Waals surface area contributed by atoms with Gasteiger partial charge in [-0.1, -0.05) is 36.4 Å². The van der Waals surface area contributed by atoms with E-state index in [9.17, 15) is 19.7 Å². The van der Waals surface area contributed by atoms with Gasteiger partial charge < -0.3 is 14.2 Å². The molecule has 0 aliphatic carbocycles. The Bertz CT molecular complexity index is 788. The Labute approximate surface area is 149 Å². The van der Waals surface area contributed by atoms with Crippen molar-refractivity contribution in [2.75, 3.05) is 14.2 Å². The number of carbonyl (C=O) groups is 2. The Balaban J connectivity index is 2.38. The van der Waals surface area contributed by atoms with Crippen molar-refractivity contribution >= 4 is 17.6 Å². The van der Waals surface area contributed by atoms with Crippen LogP contribution in [0.5, 0.6) is 5.75 Å². The van der Waals surface area contributed by atoms with Gasteiger partial charge in [0, 0.05) is 6.07 Å². The molecule has 0 amide bonds. The Morgan fingerprint density at radius 2 is 1.65 bits per heavy atom. The van der Waals surface area contributed by atoms with Crippen LogP contribution in [0.4, 0.5) is 5.69 Å². The van der Waals surface area contributed by atoms with Gasteiger partial charge in [0.15, 0.2) is 11.7 Å². The van der Waals surface area contributed by atoms with Gasteiger partial charge in [0.2, 0.25) is 0 Å². The van der Waals surface area contributed by atoms with Crippen molar-refractivity contribution in [3.8, 4) is 5.75 Å². The summed E-state index contributed by atoms with van der Waals surface area (Å²) in [5, 5.41) is 11.2. The number of esters is 2. The molecule has 0 radical (unpaired) electrons. The molecule has 0 N–H and O–H groups in total. The molecule has 0 heterocycles.